The minimum atomic E-state index is -0.0424. The summed E-state index contributed by atoms with van der Waals surface area (Å²) in [6.45, 7) is 5.97. The van der Waals surface area contributed by atoms with Crippen LogP contribution < -0.4 is 14.8 Å². The molecule has 0 radical (unpaired) electrons. The summed E-state index contributed by atoms with van der Waals surface area (Å²) < 4.78 is 11.2. The zero-order chi connectivity index (χ0) is 21.3. The van der Waals surface area contributed by atoms with Gasteiger partial charge in [0.25, 0.3) is 5.91 Å². The Labute approximate surface area is 180 Å². The number of hydrogen-bond donors (Lipinski definition) is 1. The van der Waals surface area contributed by atoms with Crippen LogP contribution in [-0.2, 0) is 11.4 Å². The molecule has 9 heteroatoms. The van der Waals surface area contributed by atoms with Gasteiger partial charge in [-0.3, -0.25) is 14.5 Å². The fourth-order valence-corrected chi connectivity index (χ4v) is 3.89. The molecule has 30 heavy (non-hydrogen) atoms. The number of aromatic nitrogens is 1. The molecule has 1 aromatic carbocycles. The molecule has 0 unspecified atom stereocenters. The van der Waals surface area contributed by atoms with Gasteiger partial charge in [-0.15, -0.1) is 11.3 Å². The van der Waals surface area contributed by atoms with Crippen LogP contribution in [-0.4, -0.2) is 73.0 Å². The number of rotatable bonds is 8. The van der Waals surface area contributed by atoms with Gasteiger partial charge in [-0.25, -0.2) is 4.98 Å². The lowest BCUT2D eigenvalue weighted by Crippen LogP contribution is -2.40. The Kier molecular flexibility index (Phi) is 8.04. The summed E-state index contributed by atoms with van der Waals surface area (Å²) in [6.07, 6.45) is 0.830. The Hall–Kier alpha value is -2.65. The lowest BCUT2D eigenvalue weighted by atomic mass is 10.1. The molecule has 0 atom stereocenters. The highest BCUT2D eigenvalue weighted by Gasteiger charge is 2.22. The van der Waals surface area contributed by atoms with E-state index in [1.165, 1.54) is 11.3 Å². The van der Waals surface area contributed by atoms with Gasteiger partial charge in [0.1, 0.15) is 6.61 Å². The third-order valence-electron chi connectivity index (χ3n) is 4.89. The quantitative estimate of drug-likeness (QED) is 0.687. The highest BCUT2D eigenvalue weighted by molar-refractivity contribution is 7.07. The topological polar surface area (TPSA) is 84.0 Å². The SMILES string of the molecule is CCNC(=O)CN1CCCN(C(=O)c2ccc(OCc3cscn3)c(OC)c2)CC1. The van der Waals surface area contributed by atoms with Crippen LogP contribution in [0, 0.1) is 0 Å². The number of ether oxygens (including phenoxy) is 2. The number of amides is 2. The number of nitrogens with zero attached hydrogens (tertiary/aromatic N) is 3. The summed E-state index contributed by atoms with van der Waals surface area (Å²) in [4.78, 5) is 33.0. The fourth-order valence-electron chi connectivity index (χ4n) is 3.35. The molecule has 1 fully saturated rings. The molecule has 1 N–H and O–H groups in total. The second kappa shape index (κ2) is 10.9. The number of carbonyl (C=O) groups excluding carboxylic acids is 2. The van der Waals surface area contributed by atoms with Gasteiger partial charge in [-0.2, -0.15) is 0 Å². The molecule has 1 aromatic heterocycles. The van der Waals surface area contributed by atoms with Gasteiger partial charge in [0.2, 0.25) is 5.91 Å². The van der Waals surface area contributed by atoms with Crippen LogP contribution in [0.25, 0.3) is 0 Å². The molecule has 1 aliphatic heterocycles. The minimum absolute atomic E-state index is 0.0234. The van der Waals surface area contributed by atoms with E-state index in [2.05, 4.69) is 15.2 Å². The molecule has 0 aliphatic carbocycles. The Bertz CT molecular complexity index is 844. The molecular weight excluding hydrogens is 404 g/mol. The predicted molar refractivity (Wildman–Crippen MR) is 115 cm³/mol. The summed E-state index contributed by atoms with van der Waals surface area (Å²) in [5.41, 5.74) is 3.17. The molecule has 2 heterocycles. The predicted octanol–water partition coefficient (Wildman–Crippen LogP) is 2.01. The van der Waals surface area contributed by atoms with Crippen molar-refractivity contribution in [3.05, 3.63) is 40.3 Å². The summed E-state index contributed by atoms with van der Waals surface area (Å²) >= 11 is 1.52. The van der Waals surface area contributed by atoms with Crippen molar-refractivity contribution in [2.45, 2.75) is 20.0 Å². The third-order valence-corrected chi connectivity index (χ3v) is 5.52. The van der Waals surface area contributed by atoms with E-state index in [0.717, 1.165) is 18.7 Å². The van der Waals surface area contributed by atoms with E-state index in [-0.39, 0.29) is 11.8 Å². The largest absolute Gasteiger partial charge is 0.493 e. The van der Waals surface area contributed by atoms with Crippen LogP contribution in [0.4, 0.5) is 0 Å². The molecule has 0 bridgehead atoms. The van der Waals surface area contributed by atoms with Crippen molar-refractivity contribution in [1.29, 1.82) is 0 Å². The van der Waals surface area contributed by atoms with Crippen molar-refractivity contribution in [2.75, 3.05) is 46.4 Å². The zero-order valence-corrected chi connectivity index (χ0v) is 18.2. The van der Waals surface area contributed by atoms with E-state index in [4.69, 9.17) is 9.47 Å². The number of carbonyl (C=O) groups is 2. The highest BCUT2D eigenvalue weighted by atomic mass is 32.1. The maximum atomic E-state index is 13.0. The molecule has 0 saturated carbocycles. The summed E-state index contributed by atoms with van der Waals surface area (Å²) in [5, 5.41) is 4.75. The maximum Gasteiger partial charge on any atom is 0.254 e. The van der Waals surface area contributed by atoms with Crippen molar-refractivity contribution >= 4 is 23.2 Å². The normalized spacial score (nSPS) is 14.8. The van der Waals surface area contributed by atoms with Crippen LogP contribution in [0.15, 0.2) is 29.1 Å². The Morgan fingerprint density at radius 3 is 2.80 bits per heavy atom. The second-order valence-corrected chi connectivity index (χ2v) is 7.73. The monoisotopic (exact) mass is 432 g/mol. The van der Waals surface area contributed by atoms with Crippen molar-refractivity contribution in [3.8, 4) is 11.5 Å². The second-order valence-electron chi connectivity index (χ2n) is 7.01. The van der Waals surface area contributed by atoms with Crippen LogP contribution in [0.3, 0.4) is 0 Å². The number of thiazole rings is 1. The van der Waals surface area contributed by atoms with Crippen molar-refractivity contribution in [1.82, 2.24) is 20.1 Å². The van der Waals surface area contributed by atoms with Gasteiger partial charge < -0.3 is 19.7 Å². The standard InChI is InChI=1S/C21H28N4O4S/c1-3-22-20(26)12-24-7-4-8-25(10-9-24)21(27)16-5-6-18(19(11-16)28-2)29-13-17-14-30-15-23-17/h5-6,11,14-15H,3-4,7-10,12-13H2,1-2H3,(H,22,26). The molecule has 1 saturated heterocycles. The molecule has 8 nitrogen and oxygen atoms in total. The molecule has 3 rings (SSSR count). The number of nitrogens with one attached hydrogen (secondary N) is 1. The van der Waals surface area contributed by atoms with Crippen molar-refractivity contribution < 1.29 is 19.1 Å². The first-order chi connectivity index (χ1) is 14.6. The average molecular weight is 433 g/mol. The molecule has 1 aliphatic rings. The van der Waals surface area contributed by atoms with Crippen LogP contribution in [0.2, 0.25) is 0 Å². The summed E-state index contributed by atoms with van der Waals surface area (Å²) in [5.74, 6) is 1.07. The lowest BCUT2D eigenvalue weighted by molar-refractivity contribution is -0.122. The van der Waals surface area contributed by atoms with Crippen LogP contribution in [0.1, 0.15) is 29.4 Å². The maximum absolute atomic E-state index is 13.0. The molecule has 162 valence electrons. The van der Waals surface area contributed by atoms with Gasteiger partial charge in [0.15, 0.2) is 11.5 Å². The number of hydrogen-bond acceptors (Lipinski definition) is 7. The third kappa shape index (κ3) is 5.93. The Balaban J connectivity index is 1.60. The minimum Gasteiger partial charge on any atom is -0.493 e. The van der Waals surface area contributed by atoms with Crippen LogP contribution in [0.5, 0.6) is 11.5 Å². The summed E-state index contributed by atoms with van der Waals surface area (Å²) in [7, 11) is 1.56. The number of methoxy groups -OCH3 is 1. The molecule has 0 spiro atoms. The lowest BCUT2D eigenvalue weighted by Gasteiger charge is -2.22. The van der Waals surface area contributed by atoms with Crippen molar-refractivity contribution in [3.63, 3.8) is 0 Å². The Morgan fingerprint density at radius 1 is 1.20 bits per heavy atom. The van der Waals surface area contributed by atoms with Crippen molar-refractivity contribution in [2.24, 2.45) is 0 Å². The van der Waals surface area contributed by atoms with Gasteiger partial charge in [0, 0.05) is 43.7 Å². The van der Waals surface area contributed by atoms with Gasteiger partial charge in [-0.1, -0.05) is 0 Å². The van der Waals surface area contributed by atoms with E-state index in [1.807, 2.05) is 17.2 Å². The average Bonchev–Trinajstić information content (AvgIpc) is 3.17. The van der Waals surface area contributed by atoms with E-state index >= 15 is 0 Å². The molecule has 2 amide bonds. The van der Waals surface area contributed by atoms with E-state index in [9.17, 15) is 9.59 Å². The zero-order valence-electron chi connectivity index (χ0n) is 17.4. The number of benzene rings is 1. The van der Waals surface area contributed by atoms with E-state index < -0.39 is 0 Å². The summed E-state index contributed by atoms with van der Waals surface area (Å²) in [6, 6.07) is 5.24. The van der Waals surface area contributed by atoms with Gasteiger partial charge >= 0.3 is 0 Å². The Morgan fingerprint density at radius 2 is 2.07 bits per heavy atom. The smallest absolute Gasteiger partial charge is 0.254 e. The first-order valence-electron chi connectivity index (χ1n) is 10.1. The fraction of sp³-hybridized carbons (Fsp3) is 0.476. The van der Waals surface area contributed by atoms with E-state index in [1.54, 1.807) is 30.8 Å². The van der Waals surface area contributed by atoms with Gasteiger partial charge in [-0.05, 0) is 31.5 Å². The number of likely N-dealkylation sites (N-methyl/N-ethyl adjacent to an activating group) is 1. The molecular formula is C21H28N4O4S. The van der Waals surface area contributed by atoms with Crippen LogP contribution >= 0.6 is 11.3 Å². The first kappa shape index (κ1) is 22.0. The molecule has 2 aromatic rings. The van der Waals surface area contributed by atoms with E-state index in [0.29, 0.717) is 56.4 Å². The first-order valence-corrected chi connectivity index (χ1v) is 11.0. The van der Waals surface area contributed by atoms with Gasteiger partial charge in [0.05, 0.1) is 24.9 Å². The highest BCUT2D eigenvalue weighted by Crippen LogP contribution is 2.29.